The van der Waals surface area contributed by atoms with Gasteiger partial charge in [-0.05, 0) is 53.6 Å². The third-order valence-electron chi connectivity index (χ3n) is 4.13. The number of hydrogen-bond donors (Lipinski definition) is 1. The van der Waals surface area contributed by atoms with Gasteiger partial charge in [0.25, 0.3) is 5.91 Å². The van der Waals surface area contributed by atoms with Crippen molar-refractivity contribution in [3.8, 4) is 17.6 Å². The van der Waals surface area contributed by atoms with Crippen molar-refractivity contribution in [3.05, 3.63) is 93.5 Å². The Morgan fingerprint density at radius 1 is 1.17 bits per heavy atom. The van der Waals surface area contributed by atoms with E-state index in [0.717, 1.165) is 15.6 Å². The van der Waals surface area contributed by atoms with Gasteiger partial charge in [-0.2, -0.15) is 10.4 Å². The molecule has 6 nitrogen and oxygen atoms in total. The van der Waals surface area contributed by atoms with E-state index in [2.05, 4.69) is 32.5 Å². The molecule has 0 atom stereocenters. The fraction of sp³-hybridized carbons (Fsp3) is 0.0870. The van der Waals surface area contributed by atoms with Gasteiger partial charge in [0, 0.05) is 4.47 Å². The molecular weight excluding hydrogens is 446 g/mol. The molecule has 7 heteroatoms. The quantitative estimate of drug-likeness (QED) is 0.407. The molecule has 1 N–H and O–H groups in total. The minimum atomic E-state index is -0.377. The van der Waals surface area contributed by atoms with Gasteiger partial charge in [0.1, 0.15) is 18.1 Å². The number of carbonyl (C=O) groups is 1. The zero-order valence-corrected chi connectivity index (χ0v) is 17.7. The van der Waals surface area contributed by atoms with Crippen LogP contribution < -0.4 is 14.9 Å². The SMILES string of the molecule is COc1ccc(Br)cc1C(=O)N/N=C\c1cccc(OCc2ccc(C#N)cc2)c1. The number of rotatable bonds is 7. The molecule has 3 aromatic rings. The first-order valence-electron chi connectivity index (χ1n) is 8.98. The molecule has 30 heavy (non-hydrogen) atoms. The van der Waals surface area contributed by atoms with E-state index in [1.165, 1.54) is 13.3 Å². The first kappa shape index (κ1) is 21.1. The molecule has 0 spiro atoms. The van der Waals surface area contributed by atoms with Gasteiger partial charge in [0.2, 0.25) is 0 Å². The lowest BCUT2D eigenvalue weighted by atomic mass is 10.1. The van der Waals surface area contributed by atoms with Crippen LogP contribution in [0, 0.1) is 11.3 Å². The number of amides is 1. The summed E-state index contributed by atoms with van der Waals surface area (Å²) in [5.74, 6) is 0.755. The number of benzene rings is 3. The highest BCUT2D eigenvalue weighted by molar-refractivity contribution is 9.10. The summed E-state index contributed by atoms with van der Waals surface area (Å²) in [6.45, 7) is 0.381. The highest BCUT2D eigenvalue weighted by Crippen LogP contribution is 2.22. The van der Waals surface area contributed by atoms with Gasteiger partial charge >= 0.3 is 0 Å². The van der Waals surface area contributed by atoms with Crippen LogP contribution in [-0.4, -0.2) is 19.2 Å². The second-order valence-electron chi connectivity index (χ2n) is 6.21. The molecule has 150 valence electrons. The van der Waals surface area contributed by atoms with E-state index in [9.17, 15) is 4.79 Å². The number of halogens is 1. The van der Waals surface area contributed by atoms with E-state index < -0.39 is 0 Å². The van der Waals surface area contributed by atoms with Gasteiger partial charge in [-0.3, -0.25) is 4.79 Å². The molecule has 1 amide bonds. The normalized spacial score (nSPS) is 10.4. The van der Waals surface area contributed by atoms with Gasteiger partial charge in [-0.25, -0.2) is 5.43 Å². The van der Waals surface area contributed by atoms with Crippen LogP contribution in [0.4, 0.5) is 0 Å². The highest BCUT2D eigenvalue weighted by Gasteiger charge is 2.12. The fourth-order valence-electron chi connectivity index (χ4n) is 2.61. The van der Waals surface area contributed by atoms with Gasteiger partial charge in [0.05, 0.1) is 30.5 Å². The number of nitrogens with zero attached hydrogens (tertiary/aromatic N) is 2. The lowest BCUT2D eigenvalue weighted by Crippen LogP contribution is -2.18. The van der Waals surface area contributed by atoms with E-state index in [1.54, 1.807) is 30.3 Å². The Morgan fingerprint density at radius 3 is 2.70 bits per heavy atom. The molecule has 3 rings (SSSR count). The zero-order chi connectivity index (χ0) is 21.3. The minimum absolute atomic E-state index is 0.377. The summed E-state index contributed by atoms with van der Waals surface area (Å²) in [6.07, 6.45) is 1.54. The van der Waals surface area contributed by atoms with Crippen LogP contribution in [0.1, 0.15) is 27.0 Å². The Bertz CT molecular complexity index is 1110. The molecule has 0 aromatic heterocycles. The number of carbonyl (C=O) groups excluding carboxylic acids is 1. The molecule has 0 unspecified atom stereocenters. The van der Waals surface area contributed by atoms with Gasteiger partial charge in [0.15, 0.2) is 0 Å². The largest absolute Gasteiger partial charge is 0.496 e. The van der Waals surface area contributed by atoms with Crippen LogP contribution in [0.2, 0.25) is 0 Å². The Labute approximate surface area is 182 Å². The first-order valence-corrected chi connectivity index (χ1v) is 9.77. The Morgan fingerprint density at radius 2 is 1.97 bits per heavy atom. The van der Waals surface area contributed by atoms with Gasteiger partial charge in [-0.15, -0.1) is 0 Å². The number of methoxy groups -OCH3 is 1. The standard InChI is InChI=1S/C23H18BrN3O3/c1-29-22-10-9-19(24)12-21(22)23(28)27-26-14-18-3-2-4-20(11-18)30-15-17-7-5-16(13-25)6-8-17/h2-12,14H,15H2,1H3,(H,27,28)/b26-14-. The van der Waals surface area contributed by atoms with Crippen LogP contribution in [0.3, 0.4) is 0 Å². The van der Waals surface area contributed by atoms with Crippen LogP contribution in [0.25, 0.3) is 0 Å². The number of ether oxygens (including phenoxy) is 2. The van der Waals surface area contributed by atoms with Crippen molar-refractivity contribution in [1.82, 2.24) is 5.43 Å². The van der Waals surface area contributed by atoms with E-state index in [0.29, 0.717) is 29.2 Å². The summed E-state index contributed by atoms with van der Waals surface area (Å²) in [5, 5.41) is 12.9. The number of nitriles is 1. The molecule has 0 aliphatic carbocycles. The first-order chi connectivity index (χ1) is 14.6. The molecule has 0 saturated heterocycles. The molecule has 0 bridgehead atoms. The summed E-state index contributed by atoms with van der Waals surface area (Å²) < 4.78 is 11.8. The second kappa shape index (κ2) is 10.2. The van der Waals surface area contributed by atoms with E-state index in [4.69, 9.17) is 14.7 Å². The van der Waals surface area contributed by atoms with Crippen molar-refractivity contribution < 1.29 is 14.3 Å². The van der Waals surface area contributed by atoms with Gasteiger partial charge < -0.3 is 9.47 Å². The third-order valence-corrected chi connectivity index (χ3v) is 4.63. The van der Waals surface area contributed by atoms with Crippen molar-refractivity contribution in [2.75, 3.05) is 7.11 Å². The van der Waals surface area contributed by atoms with Crippen molar-refractivity contribution in [1.29, 1.82) is 5.26 Å². The average molecular weight is 464 g/mol. The maximum Gasteiger partial charge on any atom is 0.275 e. The summed E-state index contributed by atoms with van der Waals surface area (Å²) in [7, 11) is 1.51. The van der Waals surface area contributed by atoms with Gasteiger partial charge in [-0.1, -0.05) is 40.2 Å². The number of hydrazone groups is 1. The zero-order valence-electron chi connectivity index (χ0n) is 16.1. The Kier molecular flexibility index (Phi) is 7.19. The van der Waals surface area contributed by atoms with Crippen LogP contribution in [0.5, 0.6) is 11.5 Å². The molecule has 3 aromatic carbocycles. The molecule has 0 aliphatic heterocycles. The molecule has 0 radical (unpaired) electrons. The minimum Gasteiger partial charge on any atom is -0.496 e. The predicted molar refractivity (Wildman–Crippen MR) is 118 cm³/mol. The predicted octanol–water partition coefficient (Wildman–Crippen LogP) is 4.67. The Hall–Kier alpha value is -3.63. The number of nitrogens with one attached hydrogen (secondary N) is 1. The van der Waals surface area contributed by atoms with E-state index in [1.807, 2.05) is 36.4 Å². The van der Waals surface area contributed by atoms with Crippen LogP contribution in [-0.2, 0) is 6.61 Å². The van der Waals surface area contributed by atoms with Crippen molar-refractivity contribution >= 4 is 28.1 Å². The van der Waals surface area contributed by atoms with Crippen molar-refractivity contribution in [2.24, 2.45) is 5.10 Å². The monoisotopic (exact) mass is 463 g/mol. The fourth-order valence-corrected chi connectivity index (χ4v) is 2.97. The van der Waals surface area contributed by atoms with Crippen molar-refractivity contribution in [3.63, 3.8) is 0 Å². The maximum absolute atomic E-state index is 12.4. The van der Waals surface area contributed by atoms with E-state index >= 15 is 0 Å². The molecule has 0 saturated carbocycles. The lowest BCUT2D eigenvalue weighted by Gasteiger charge is -2.08. The summed E-state index contributed by atoms with van der Waals surface area (Å²) in [5.41, 5.74) is 5.22. The summed E-state index contributed by atoms with van der Waals surface area (Å²) >= 11 is 3.34. The summed E-state index contributed by atoms with van der Waals surface area (Å²) in [6, 6.07) is 21.8. The molecule has 0 fully saturated rings. The highest BCUT2D eigenvalue weighted by atomic mass is 79.9. The second-order valence-corrected chi connectivity index (χ2v) is 7.13. The average Bonchev–Trinajstić information content (AvgIpc) is 2.78. The third kappa shape index (κ3) is 5.69. The van der Waals surface area contributed by atoms with Crippen LogP contribution in [0.15, 0.2) is 76.3 Å². The smallest absolute Gasteiger partial charge is 0.275 e. The Balaban J connectivity index is 1.60. The lowest BCUT2D eigenvalue weighted by molar-refractivity contribution is 0.0952. The molecule has 0 aliphatic rings. The molecule has 0 heterocycles. The summed E-state index contributed by atoms with van der Waals surface area (Å²) in [4.78, 5) is 12.4. The van der Waals surface area contributed by atoms with E-state index in [-0.39, 0.29) is 5.91 Å². The number of hydrogen-bond acceptors (Lipinski definition) is 5. The topological polar surface area (TPSA) is 83.7 Å². The van der Waals surface area contributed by atoms with Crippen molar-refractivity contribution in [2.45, 2.75) is 6.61 Å². The molecular formula is C23H18BrN3O3. The van der Waals surface area contributed by atoms with Crippen LogP contribution >= 0.6 is 15.9 Å². The maximum atomic E-state index is 12.4.